The average molecular weight is 382 g/mol. The van der Waals surface area contributed by atoms with Crippen LogP contribution in [0.1, 0.15) is 2.85 Å². The Morgan fingerprint density at radius 1 is 0.682 bits per heavy atom. The van der Waals surface area contributed by atoms with Gasteiger partial charge < -0.3 is 2.85 Å². The van der Waals surface area contributed by atoms with Gasteiger partial charge in [-0.3, -0.25) is 0 Å². The SMILES string of the molecule is C[Si]C.[H-].[H-].[Zr+4].c1ccc2[cH-]ccc2c1.c1ccc2[cH-]ccc2c1. The van der Waals surface area contributed by atoms with Crippen LogP contribution in [0.25, 0.3) is 21.5 Å². The van der Waals surface area contributed by atoms with Gasteiger partial charge in [-0.2, -0.15) is 35.0 Å². The molecule has 0 amide bonds. The Morgan fingerprint density at radius 3 is 1.41 bits per heavy atom. The molecule has 0 atom stereocenters. The monoisotopic (exact) mass is 380 g/mol. The van der Waals surface area contributed by atoms with E-state index in [1.807, 2.05) is 0 Å². The van der Waals surface area contributed by atoms with Gasteiger partial charge in [-0.15, -0.1) is 59.3 Å². The fourth-order valence-electron chi connectivity index (χ4n) is 2.14. The van der Waals surface area contributed by atoms with Gasteiger partial charge in [0.2, 0.25) is 0 Å². The summed E-state index contributed by atoms with van der Waals surface area (Å²) in [6, 6.07) is 29.3. The van der Waals surface area contributed by atoms with Crippen molar-refractivity contribution in [2.45, 2.75) is 13.1 Å². The van der Waals surface area contributed by atoms with Gasteiger partial charge in [0.1, 0.15) is 0 Å². The molecule has 0 aliphatic carbocycles. The molecule has 0 heterocycles. The van der Waals surface area contributed by atoms with Crippen molar-refractivity contribution in [3.05, 3.63) is 84.9 Å². The van der Waals surface area contributed by atoms with Crippen molar-refractivity contribution in [2.24, 2.45) is 0 Å². The zero-order valence-corrected chi connectivity index (χ0v) is 16.5. The molecule has 0 aliphatic rings. The Hall–Kier alpha value is -1.24. The summed E-state index contributed by atoms with van der Waals surface area (Å²) in [5, 5.41) is 5.32. The number of rotatable bonds is 0. The van der Waals surface area contributed by atoms with Crippen LogP contribution in [0.2, 0.25) is 13.1 Å². The molecule has 4 aromatic rings. The van der Waals surface area contributed by atoms with E-state index in [0.29, 0.717) is 0 Å². The third-order valence-corrected chi connectivity index (χ3v) is 3.10. The fraction of sp³-hybridized carbons (Fsp3) is 0.100. The van der Waals surface area contributed by atoms with Crippen LogP contribution in [0, 0.1) is 0 Å². The summed E-state index contributed by atoms with van der Waals surface area (Å²) in [5.41, 5.74) is 0. The van der Waals surface area contributed by atoms with Crippen molar-refractivity contribution in [3.63, 3.8) is 0 Å². The Bertz CT molecular complexity index is 651. The van der Waals surface area contributed by atoms with Crippen LogP contribution >= 0.6 is 0 Å². The molecule has 0 bridgehead atoms. The topological polar surface area (TPSA) is 0 Å². The molecule has 0 nitrogen and oxygen atoms in total. The van der Waals surface area contributed by atoms with Gasteiger partial charge in [0.05, 0.1) is 0 Å². The molecule has 0 aromatic heterocycles. The van der Waals surface area contributed by atoms with E-state index in [2.05, 4.69) is 98.0 Å². The summed E-state index contributed by atoms with van der Waals surface area (Å²) in [6.07, 6.45) is 0. The molecule has 0 N–H and O–H groups in total. The molecule has 110 valence electrons. The Morgan fingerprint density at radius 2 is 1.05 bits per heavy atom. The first kappa shape index (κ1) is 18.8. The largest absolute Gasteiger partial charge is 4.00 e. The van der Waals surface area contributed by atoms with E-state index in [4.69, 9.17) is 0 Å². The molecule has 4 aromatic carbocycles. The molecule has 0 unspecified atom stereocenters. The first-order valence-corrected chi connectivity index (χ1v) is 9.14. The van der Waals surface area contributed by atoms with Gasteiger partial charge in [0.25, 0.3) is 0 Å². The molecule has 2 radical (unpaired) electrons. The van der Waals surface area contributed by atoms with Gasteiger partial charge in [-0.05, 0) is 0 Å². The van der Waals surface area contributed by atoms with Crippen LogP contribution < -0.4 is 0 Å². The zero-order valence-electron chi connectivity index (χ0n) is 15.1. The number of hydrogen-bond donors (Lipinski definition) is 0. The Kier molecular flexibility index (Phi) is 8.96. The molecule has 0 saturated carbocycles. The Balaban J connectivity index is 0. The molecule has 0 fully saturated rings. The molecule has 2 heteroatoms. The maximum absolute atomic E-state index is 2.15. The third kappa shape index (κ3) is 5.51. The summed E-state index contributed by atoms with van der Waals surface area (Å²) in [7, 11) is 1.08. The molecular formula is C20H22SiZr. The van der Waals surface area contributed by atoms with Crippen molar-refractivity contribution >= 4 is 31.1 Å². The van der Waals surface area contributed by atoms with Crippen LogP contribution in [0.15, 0.2) is 84.9 Å². The minimum atomic E-state index is 0. The van der Waals surface area contributed by atoms with Crippen LogP contribution in [0.5, 0.6) is 0 Å². The molecule has 0 saturated heterocycles. The van der Waals surface area contributed by atoms with Crippen molar-refractivity contribution in [1.82, 2.24) is 0 Å². The minimum absolute atomic E-state index is 0. The van der Waals surface area contributed by atoms with E-state index in [1.165, 1.54) is 21.5 Å². The predicted octanol–water partition coefficient (Wildman–Crippen LogP) is 6.13. The van der Waals surface area contributed by atoms with E-state index >= 15 is 0 Å². The van der Waals surface area contributed by atoms with E-state index in [0.717, 1.165) is 9.52 Å². The second-order valence-corrected chi connectivity index (χ2v) is 5.81. The van der Waals surface area contributed by atoms with Crippen LogP contribution in [-0.4, -0.2) is 9.52 Å². The van der Waals surface area contributed by atoms with Gasteiger partial charge >= 0.3 is 26.2 Å². The predicted molar refractivity (Wildman–Crippen MR) is 98.8 cm³/mol. The number of hydrogen-bond acceptors (Lipinski definition) is 0. The van der Waals surface area contributed by atoms with E-state index in [-0.39, 0.29) is 29.1 Å². The minimum Gasteiger partial charge on any atom is -1.00 e. The Labute approximate surface area is 157 Å². The molecular weight excluding hydrogens is 360 g/mol. The summed E-state index contributed by atoms with van der Waals surface area (Å²) >= 11 is 0. The average Bonchev–Trinajstić information content (AvgIpc) is 3.17. The van der Waals surface area contributed by atoms with Crippen molar-refractivity contribution in [2.75, 3.05) is 0 Å². The smallest absolute Gasteiger partial charge is 1.00 e. The van der Waals surface area contributed by atoms with Gasteiger partial charge in [0, 0.05) is 9.52 Å². The maximum Gasteiger partial charge on any atom is 4.00 e. The van der Waals surface area contributed by atoms with Gasteiger partial charge in [-0.1, -0.05) is 25.2 Å². The summed E-state index contributed by atoms with van der Waals surface area (Å²) in [4.78, 5) is 0. The van der Waals surface area contributed by atoms with Gasteiger partial charge in [0.15, 0.2) is 0 Å². The third-order valence-electron chi connectivity index (χ3n) is 3.10. The molecule has 22 heavy (non-hydrogen) atoms. The normalized spacial score (nSPS) is 9.18. The molecule has 0 spiro atoms. The van der Waals surface area contributed by atoms with Crippen molar-refractivity contribution in [3.8, 4) is 0 Å². The standard InChI is InChI=1S/2C9H7.C2H6Si.Zr.2H/c2*1-2-5-9-7-3-6-8(9)4-1;1-3-2;;;/h2*1-7H;1-2H3;;;/q2*-1;;+4;2*-1. The first-order chi connectivity index (χ1) is 10.3. The zero-order chi connectivity index (χ0) is 14.9. The van der Waals surface area contributed by atoms with Crippen molar-refractivity contribution < 1.29 is 29.1 Å². The molecule has 0 aliphatic heterocycles. The van der Waals surface area contributed by atoms with Crippen molar-refractivity contribution in [1.29, 1.82) is 0 Å². The van der Waals surface area contributed by atoms with Gasteiger partial charge in [-0.25, -0.2) is 0 Å². The number of benzene rings is 2. The summed E-state index contributed by atoms with van der Waals surface area (Å²) in [5.74, 6) is 0. The number of fused-ring (bicyclic) bond motifs is 2. The fourth-order valence-corrected chi connectivity index (χ4v) is 2.14. The molecule has 4 rings (SSSR count). The maximum atomic E-state index is 2.15. The van der Waals surface area contributed by atoms with Crippen LogP contribution in [-0.2, 0) is 26.2 Å². The van der Waals surface area contributed by atoms with E-state index in [9.17, 15) is 0 Å². The quantitative estimate of drug-likeness (QED) is 0.254. The summed E-state index contributed by atoms with van der Waals surface area (Å²) in [6.45, 7) is 4.31. The second-order valence-electron chi connectivity index (χ2n) is 4.81. The summed E-state index contributed by atoms with van der Waals surface area (Å²) < 4.78 is 0. The second kappa shape index (κ2) is 10.5. The van der Waals surface area contributed by atoms with E-state index in [1.54, 1.807) is 0 Å². The van der Waals surface area contributed by atoms with Crippen LogP contribution in [0.3, 0.4) is 0 Å². The van der Waals surface area contributed by atoms with Crippen LogP contribution in [0.4, 0.5) is 0 Å². The first-order valence-electron chi connectivity index (χ1n) is 7.14. The van der Waals surface area contributed by atoms with E-state index < -0.39 is 0 Å².